The smallest absolute Gasteiger partial charge is 0.164 e. The fourth-order valence-corrected chi connectivity index (χ4v) is 4.71. The van der Waals surface area contributed by atoms with Gasteiger partial charge in [0.25, 0.3) is 0 Å². The molecule has 4 rings (SSSR count). The van der Waals surface area contributed by atoms with E-state index in [1.165, 1.54) is 11.3 Å². The predicted molar refractivity (Wildman–Crippen MR) is 115 cm³/mol. The van der Waals surface area contributed by atoms with Crippen LogP contribution in [0, 0.1) is 0 Å². The average Bonchev–Trinajstić information content (AvgIpc) is 3.45. The molecule has 1 saturated heterocycles. The monoisotopic (exact) mass is 463 g/mol. The van der Waals surface area contributed by atoms with Gasteiger partial charge in [0.15, 0.2) is 5.78 Å². The lowest BCUT2D eigenvalue weighted by atomic mass is 9.88. The molecule has 7 nitrogen and oxygen atoms in total. The third-order valence-corrected chi connectivity index (χ3v) is 6.72. The number of halogens is 1. The van der Waals surface area contributed by atoms with Gasteiger partial charge in [-0.3, -0.25) is 4.79 Å². The zero-order valence-electron chi connectivity index (χ0n) is 16.6. The lowest BCUT2D eigenvalue weighted by molar-refractivity contribution is -0.221. The molecule has 0 spiro atoms. The van der Waals surface area contributed by atoms with E-state index in [2.05, 4.69) is 4.98 Å². The Morgan fingerprint density at radius 3 is 2.71 bits per heavy atom. The second-order valence-corrected chi connectivity index (χ2v) is 8.91. The summed E-state index contributed by atoms with van der Waals surface area (Å²) in [6.45, 7) is 1.65. The molecule has 3 N–H and O–H groups in total. The Bertz CT molecular complexity index is 1050. The number of carbonyl (C=O) groups excluding carboxylic acids is 1. The molecule has 0 amide bonds. The lowest BCUT2D eigenvalue weighted by Gasteiger charge is -2.40. The standard InChI is InChI=1S/C22H22ClNO6S/c1-2-14(25)22-20(28)18(26)19(27)21(30-22)11-5-6-13(23)12(8-11)9-17-24-10-16(31-17)15-4-3-7-29-15/h3-8,10,18-22,26-28H,2,9H2,1H3/t18-,19-,20+,21+,22-/m1/s1. The molecule has 0 radical (unpaired) electrons. The van der Waals surface area contributed by atoms with E-state index in [-0.39, 0.29) is 12.2 Å². The number of hydrogen-bond donors (Lipinski definition) is 3. The number of Topliss-reactive ketones (excluding diaryl/α,β-unsaturated/α-hetero) is 1. The normalized spacial score (nSPS) is 26.2. The Morgan fingerprint density at radius 2 is 2.00 bits per heavy atom. The number of ether oxygens (including phenoxy) is 1. The minimum atomic E-state index is -1.51. The number of nitrogens with zero attached hydrogens (tertiary/aromatic N) is 1. The van der Waals surface area contributed by atoms with Gasteiger partial charge >= 0.3 is 0 Å². The topological polar surface area (TPSA) is 113 Å². The van der Waals surface area contributed by atoms with Gasteiger partial charge in [-0.05, 0) is 29.3 Å². The van der Waals surface area contributed by atoms with Gasteiger partial charge in [-0.15, -0.1) is 11.3 Å². The second-order valence-electron chi connectivity index (χ2n) is 7.39. The lowest BCUT2D eigenvalue weighted by Crippen LogP contribution is -2.56. The number of aliphatic hydroxyl groups excluding tert-OH is 3. The first-order chi connectivity index (χ1) is 14.9. The third-order valence-electron chi connectivity index (χ3n) is 5.34. The fraction of sp³-hybridized carbons (Fsp3) is 0.364. The molecule has 5 atom stereocenters. The summed E-state index contributed by atoms with van der Waals surface area (Å²) in [6.07, 6.45) is -2.64. The molecule has 0 saturated carbocycles. The van der Waals surface area contributed by atoms with Crippen molar-refractivity contribution in [3.05, 3.63) is 63.9 Å². The first kappa shape index (κ1) is 22.1. The minimum absolute atomic E-state index is 0.144. The maximum atomic E-state index is 12.2. The van der Waals surface area contributed by atoms with Crippen molar-refractivity contribution in [1.29, 1.82) is 0 Å². The van der Waals surface area contributed by atoms with Crippen molar-refractivity contribution >= 4 is 28.7 Å². The maximum absolute atomic E-state index is 12.2. The predicted octanol–water partition coefficient (Wildman–Crippen LogP) is 3.15. The molecule has 1 aromatic carbocycles. The van der Waals surface area contributed by atoms with E-state index in [9.17, 15) is 20.1 Å². The number of carbonyl (C=O) groups is 1. The van der Waals surface area contributed by atoms with Gasteiger partial charge < -0.3 is 24.5 Å². The molecule has 31 heavy (non-hydrogen) atoms. The van der Waals surface area contributed by atoms with Crippen molar-refractivity contribution in [2.24, 2.45) is 0 Å². The molecule has 0 bridgehead atoms. The summed E-state index contributed by atoms with van der Waals surface area (Å²) in [4.78, 5) is 17.5. The summed E-state index contributed by atoms with van der Waals surface area (Å²) in [7, 11) is 0. The van der Waals surface area contributed by atoms with Gasteiger partial charge in [-0.2, -0.15) is 0 Å². The van der Waals surface area contributed by atoms with Crippen molar-refractivity contribution < 1.29 is 29.3 Å². The second kappa shape index (κ2) is 9.20. The molecule has 3 aromatic rings. The van der Waals surface area contributed by atoms with Gasteiger partial charge in [-0.25, -0.2) is 4.98 Å². The summed E-state index contributed by atoms with van der Waals surface area (Å²) in [5.41, 5.74) is 1.31. The zero-order chi connectivity index (χ0) is 22.1. The van der Waals surface area contributed by atoms with Crippen LogP contribution < -0.4 is 0 Å². The van der Waals surface area contributed by atoms with E-state index < -0.39 is 30.5 Å². The Morgan fingerprint density at radius 1 is 1.19 bits per heavy atom. The number of rotatable bonds is 6. The van der Waals surface area contributed by atoms with Crippen LogP contribution in [-0.2, 0) is 16.0 Å². The highest BCUT2D eigenvalue weighted by Gasteiger charge is 2.46. The number of thiazole rings is 1. The quantitative estimate of drug-likeness (QED) is 0.514. The van der Waals surface area contributed by atoms with Crippen molar-refractivity contribution in [1.82, 2.24) is 4.98 Å². The van der Waals surface area contributed by atoms with Gasteiger partial charge in [0.1, 0.15) is 36.3 Å². The summed E-state index contributed by atoms with van der Waals surface area (Å²) in [5.74, 6) is 0.396. The van der Waals surface area contributed by atoms with Crippen molar-refractivity contribution in [2.45, 2.75) is 50.3 Å². The Hall–Kier alpha value is -2.07. The Balaban J connectivity index is 1.59. The van der Waals surface area contributed by atoms with Gasteiger partial charge in [0.05, 0.1) is 16.1 Å². The van der Waals surface area contributed by atoms with E-state index in [1.54, 1.807) is 37.6 Å². The van der Waals surface area contributed by atoms with Crippen molar-refractivity contribution in [3.63, 3.8) is 0 Å². The van der Waals surface area contributed by atoms with Crippen LogP contribution >= 0.6 is 22.9 Å². The van der Waals surface area contributed by atoms with Crippen LogP contribution in [0.15, 0.2) is 47.2 Å². The average molecular weight is 464 g/mol. The van der Waals surface area contributed by atoms with Crippen molar-refractivity contribution in [3.8, 4) is 10.6 Å². The highest BCUT2D eigenvalue weighted by molar-refractivity contribution is 7.15. The molecular formula is C22H22ClNO6S. The molecule has 164 valence electrons. The molecule has 2 aromatic heterocycles. The molecule has 0 aliphatic carbocycles. The van der Waals surface area contributed by atoms with Crippen LogP contribution in [0.4, 0.5) is 0 Å². The van der Waals surface area contributed by atoms with Gasteiger partial charge in [0.2, 0.25) is 0 Å². The van der Waals surface area contributed by atoms with E-state index in [0.717, 1.165) is 21.2 Å². The molecule has 1 fully saturated rings. The number of ketones is 1. The number of aromatic nitrogens is 1. The van der Waals surface area contributed by atoms with Crippen LogP contribution in [0.1, 0.15) is 35.6 Å². The summed E-state index contributed by atoms with van der Waals surface area (Å²) >= 11 is 7.87. The summed E-state index contributed by atoms with van der Waals surface area (Å²) < 4.78 is 11.1. The number of hydrogen-bond acceptors (Lipinski definition) is 8. The van der Waals surface area contributed by atoms with Crippen LogP contribution in [-0.4, -0.2) is 50.5 Å². The molecule has 0 unspecified atom stereocenters. The highest BCUT2D eigenvalue weighted by Crippen LogP contribution is 2.35. The van der Waals surface area contributed by atoms with E-state index in [4.69, 9.17) is 20.8 Å². The number of aliphatic hydroxyl groups is 3. The van der Waals surface area contributed by atoms with Crippen LogP contribution in [0.5, 0.6) is 0 Å². The van der Waals surface area contributed by atoms with Crippen LogP contribution in [0.3, 0.4) is 0 Å². The van der Waals surface area contributed by atoms with Gasteiger partial charge in [0, 0.05) is 24.1 Å². The maximum Gasteiger partial charge on any atom is 0.164 e. The Labute approximate surface area is 187 Å². The highest BCUT2D eigenvalue weighted by atomic mass is 35.5. The molecule has 1 aliphatic rings. The molecule has 9 heteroatoms. The first-order valence-electron chi connectivity index (χ1n) is 9.88. The number of benzene rings is 1. The fourth-order valence-electron chi connectivity index (χ4n) is 3.62. The Kier molecular flexibility index (Phi) is 6.57. The third kappa shape index (κ3) is 4.45. The SMILES string of the molecule is CCC(=O)[C@H]1O[C@@H](c2ccc(Cl)c(Cc3ncc(-c4ccco4)s3)c2)[C@H](O)[C@@H](O)[C@@H]1O. The molecular weight excluding hydrogens is 442 g/mol. The number of furan rings is 1. The zero-order valence-corrected chi connectivity index (χ0v) is 18.2. The van der Waals surface area contributed by atoms with Gasteiger partial charge in [-0.1, -0.05) is 30.7 Å². The minimum Gasteiger partial charge on any atom is -0.463 e. The van der Waals surface area contributed by atoms with E-state index >= 15 is 0 Å². The largest absolute Gasteiger partial charge is 0.463 e. The summed E-state index contributed by atoms with van der Waals surface area (Å²) in [5, 5.41) is 32.3. The van der Waals surface area contributed by atoms with E-state index in [1.807, 2.05) is 12.1 Å². The van der Waals surface area contributed by atoms with E-state index in [0.29, 0.717) is 17.0 Å². The van der Waals surface area contributed by atoms with Crippen LogP contribution in [0.2, 0.25) is 5.02 Å². The van der Waals surface area contributed by atoms with Crippen LogP contribution in [0.25, 0.3) is 10.6 Å². The summed E-state index contributed by atoms with van der Waals surface area (Å²) in [6, 6.07) is 8.79. The molecule has 1 aliphatic heterocycles. The first-order valence-corrected chi connectivity index (χ1v) is 11.1. The molecule has 3 heterocycles. The van der Waals surface area contributed by atoms with Crippen molar-refractivity contribution in [2.75, 3.05) is 0 Å².